The van der Waals surface area contributed by atoms with Crippen LogP contribution in [0.4, 0.5) is 5.69 Å². The number of piperidine rings is 1. The molecule has 0 radical (unpaired) electrons. The summed E-state index contributed by atoms with van der Waals surface area (Å²) in [5, 5.41) is 6.65. The molecule has 1 aromatic carbocycles. The van der Waals surface area contributed by atoms with Crippen molar-refractivity contribution in [2.24, 2.45) is 0 Å². The van der Waals surface area contributed by atoms with Crippen LogP contribution in [0.3, 0.4) is 0 Å². The van der Waals surface area contributed by atoms with Crippen LogP contribution in [0.5, 0.6) is 0 Å². The molecule has 1 saturated heterocycles. The minimum atomic E-state index is -0.459. The molecule has 124 valence electrons. The molecule has 2 aromatic rings. The molecule has 0 saturated carbocycles. The van der Waals surface area contributed by atoms with Gasteiger partial charge in [0.05, 0.1) is 5.69 Å². The van der Waals surface area contributed by atoms with Gasteiger partial charge in [0.2, 0.25) is 5.91 Å². The summed E-state index contributed by atoms with van der Waals surface area (Å²) in [5.74, 6) is 0.102. The Morgan fingerprint density at radius 1 is 1.08 bits per heavy atom. The molecule has 0 aliphatic carbocycles. The Kier molecular flexibility index (Phi) is 4.04. The molecule has 0 unspecified atom stereocenters. The fraction of sp³-hybridized carbons (Fsp3) is 0.368. The zero-order valence-corrected chi connectivity index (χ0v) is 13.7. The van der Waals surface area contributed by atoms with Crippen molar-refractivity contribution in [3.8, 4) is 0 Å². The third-order valence-electron chi connectivity index (χ3n) is 5.14. The second-order valence-corrected chi connectivity index (χ2v) is 6.64. The summed E-state index contributed by atoms with van der Waals surface area (Å²) in [6.07, 6.45) is 3.47. The summed E-state index contributed by atoms with van der Waals surface area (Å²) in [5.41, 5.74) is 2.71. The molecule has 3 heterocycles. The van der Waals surface area contributed by atoms with Crippen molar-refractivity contribution in [2.75, 3.05) is 18.4 Å². The molecule has 2 N–H and O–H groups in total. The van der Waals surface area contributed by atoms with Crippen LogP contribution in [0.25, 0.3) is 0 Å². The van der Waals surface area contributed by atoms with Gasteiger partial charge in [-0.05, 0) is 36.6 Å². The molecule has 24 heavy (non-hydrogen) atoms. The van der Waals surface area contributed by atoms with E-state index in [9.17, 15) is 4.79 Å². The number of nitrogens with zero attached hydrogens (tertiary/aromatic N) is 2. The SMILES string of the molecule is O=C1Nc2ccccc2CNC12CCN(Cc1ccccn1)CC2. The van der Waals surface area contributed by atoms with E-state index in [4.69, 9.17) is 0 Å². The van der Waals surface area contributed by atoms with Crippen molar-refractivity contribution in [1.29, 1.82) is 0 Å². The lowest BCUT2D eigenvalue weighted by Crippen LogP contribution is -2.58. The zero-order valence-electron chi connectivity index (χ0n) is 13.7. The van der Waals surface area contributed by atoms with E-state index in [-0.39, 0.29) is 5.91 Å². The fourth-order valence-electron chi connectivity index (χ4n) is 3.60. The van der Waals surface area contributed by atoms with Gasteiger partial charge in [0, 0.05) is 38.1 Å². The van der Waals surface area contributed by atoms with E-state index in [2.05, 4.69) is 32.7 Å². The lowest BCUT2D eigenvalue weighted by atomic mass is 9.86. The number of likely N-dealkylation sites (tertiary alicyclic amines) is 1. The molecule has 2 aliphatic heterocycles. The van der Waals surface area contributed by atoms with Crippen LogP contribution < -0.4 is 10.6 Å². The number of fused-ring (bicyclic) bond motifs is 1. The third-order valence-corrected chi connectivity index (χ3v) is 5.14. The number of amides is 1. The summed E-state index contributed by atoms with van der Waals surface area (Å²) in [4.78, 5) is 19.6. The lowest BCUT2D eigenvalue weighted by molar-refractivity contribution is -0.124. The van der Waals surface area contributed by atoms with Crippen LogP contribution in [0, 0.1) is 0 Å². The van der Waals surface area contributed by atoms with Gasteiger partial charge >= 0.3 is 0 Å². The van der Waals surface area contributed by atoms with Crippen molar-refractivity contribution in [1.82, 2.24) is 15.2 Å². The summed E-state index contributed by atoms with van der Waals surface area (Å²) in [7, 11) is 0. The maximum absolute atomic E-state index is 12.8. The lowest BCUT2D eigenvalue weighted by Gasteiger charge is -2.40. The molecule has 0 atom stereocenters. The Hall–Kier alpha value is -2.24. The normalized spacial score (nSPS) is 20.2. The molecule has 1 fully saturated rings. The van der Waals surface area contributed by atoms with Crippen molar-refractivity contribution < 1.29 is 4.79 Å². The van der Waals surface area contributed by atoms with Gasteiger partial charge in [-0.3, -0.25) is 20.0 Å². The fourth-order valence-corrected chi connectivity index (χ4v) is 3.60. The largest absolute Gasteiger partial charge is 0.324 e. The number of pyridine rings is 1. The van der Waals surface area contributed by atoms with E-state index in [1.54, 1.807) is 0 Å². The molecule has 5 nitrogen and oxygen atoms in total. The third kappa shape index (κ3) is 2.92. The summed E-state index contributed by atoms with van der Waals surface area (Å²) in [6, 6.07) is 14.0. The number of anilines is 1. The van der Waals surface area contributed by atoms with Crippen molar-refractivity contribution in [3.05, 3.63) is 59.9 Å². The predicted octanol–water partition coefficient (Wildman–Crippen LogP) is 2.16. The first kappa shape index (κ1) is 15.3. The van der Waals surface area contributed by atoms with Crippen molar-refractivity contribution in [2.45, 2.75) is 31.5 Å². The average molecular weight is 322 g/mol. The number of carbonyl (C=O) groups excluding carboxylic acids is 1. The predicted molar refractivity (Wildman–Crippen MR) is 93.4 cm³/mol. The number of para-hydroxylation sites is 1. The minimum Gasteiger partial charge on any atom is -0.324 e. The number of benzene rings is 1. The van der Waals surface area contributed by atoms with Crippen LogP contribution in [0.1, 0.15) is 24.1 Å². The highest BCUT2D eigenvalue weighted by Gasteiger charge is 2.42. The topological polar surface area (TPSA) is 57.3 Å². The summed E-state index contributed by atoms with van der Waals surface area (Å²) < 4.78 is 0. The average Bonchev–Trinajstić information content (AvgIpc) is 2.76. The number of hydrogen-bond donors (Lipinski definition) is 2. The molecule has 1 spiro atoms. The maximum atomic E-state index is 12.8. The van der Waals surface area contributed by atoms with E-state index in [1.807, 2.05) is 36.5 Å². The van der Waals surface area contributed by atoms with E-state index in [0.717, 1.165) is 56.0 Å². The maximum Gasteiger partial charge on any atom is 0.244 e. The second kappa shape index (κ2) is 6.34. The van der Waals surface area contributed by atoms with Crippen molar-refractivity contribution >= 4 is 11.6 Å². The quantitative estimate of drug-likeness (QED) is 0.890. The summed E-state index contributed by atoms with van der Waals surface area (Å²) >= 11 is 0. The zero-order chi connectivity index (χ0) is 16.4. The summed E-state index contributed by atoms with van der Waals surface area (Å²) in [6.45, 7) is 3.37. The number of rotatable bonds is 2. The van der Waals surface area contributed by atoms with Crippen LogP contribution in [0.15, 0.2) is 48.7 Å². The van der Waals surface area contributed by atoms with Gasteiger partial charge < -0.3 is 5.32 Å². The van der Waals surface area contributed by atoms with Crippen molar-refractivity contribution in [3.63, 3.8) is 0 Å². The Bertz CT molecular complexity index is 723. The number of aromatic nitrogens is 1. The molecule has 5 heteroatoms. The van der Waals surface area contributed by atoms with E-state index in [0.29, 0.717) is 0 Å². The molecule has 1 amide bonds. The first-order valence-corrected chi connectivity index (χ1v) is 8.52. The molecule has 0 bridgehead atoms. The van der Waals surface area contributed by atoms with Gasteiger partial charge in [-0.1, -0.05) is 24.3 Å². The Balaban J connectivity index is 1.44. The van der Waals surface area contributed by atoms with Crippen LogP contribution in [-0.2, 0) is 17.9 Å². The highest BCUT2D eigenvalue weighted by atomic mass is 16.2. The van der Waals surface area contributed by atoms with Crippen LogP contribution >= 0.6 is 0 Å². The number of carbonyl (C=O) groups is 1. The van der Waals surface area contributed by atoms with Crippen LogP contribution in [0.2, 0.25) is 0 Å². The molecular weight excluding hydrogens is 300 g/mol. The van der Waals surface area contributed by atoms with Gasteiger partial charge in [-0.15, -0.1) is 0 Å². The first-order chi connectivity index (χ1) is 11.8. The van der Waals surface area contributed by atoms with E-state index < -0.39 is 5.54 Å². The van der Waals surface area contributed by atoms with E-state index >= 15 is 0 Å². The minimum absolute atomic E-state index is 0.102. The standard InChI is InChI=1S/C19H22N4O/c24-18-19(21-13-15-5-1-2-7-17(15)22-18)8-11-23(12-9-19)14-16-6-3-4-10-20-16/h1-7,10,21H,8-9,11-14H2,(H,22,24). The molecule has 2 aliphatic rings. The van der Waals surface area contributed by atoms with E-state index in [1.165, 1.54) is 0 Å². The van der Waals surface area contributed by atoms with Gasteiger partial charge in [-0.25, -0.2) is 0 Å². The molecule has 1 aromatic heterocycles. The van der Waals surface area contributed by atoms with Gasteiger partial charge in [0.25, 0.3) is 0 Å². The Labute approximate surface area is 142 Å². The first-order valence-electron chi connectivity index (χ1n) is 8.52. The molecular formula is C19H22N4O. The second-order valence-electron chi connectivity index (χ2n) is 6.64. The number of hydrogen-bond acceptors (Lipinski definition) is 4. The highest BCUT2D eigenvalue weighted by molar-refractivity contribution is 5.99. The van der Waals surface area contributed by atoms with Gasteiger partial charge in [0.15, 0.2) is 0 Å². The Morgan fingerprint density at radius 3 is 2.67 bits per heavy atom. The van der Waals surface area contributed by atoms with Gasteiger partial charge in [-0.2, -0.15) is 0 Å². The highest BCUT2D eigenvalue weighted by Crippen LogP contribution is 2.29. The Morgan fingerprint density at radius 2 is 1.88 bits per heavy atom. The van der Waals surface area contributed by atoms with Gasteiger partial charge in [0.1, 0.15) is 5.54 Å². The van der Waals surface area contributed by atoms with Crippen LogP contribution in [-0.4, -0.2) is 34.4 Å². The molecule has 4 rings (SSSR count). The smallest absolute Gasteiger partial charge is 0.244 e. The monoisotopic (exact) mass is 322 g/mol. The number of nitrogens with one attached hydrogen (secondary N) is 2.